The van der Waals surface area contributed by atoms with Crippen LogP contribution in [0.5, 0.6) is 0 Å². The van der Waals surface area contributed by atoms with Gasteiger partial charge in [0.15, 0.2) is 9.84 Å². The van der Waals surface area contributed by atoms with Crippen molar-refractivity contribution >= 4 is 32.8 Å². The van der Waals surface area contributed by atoms with E-state index in [2.05, 4.69) is 5.32 Å². The summed E-state index contributed by atoms with van der Waals surface area (Å²) in [4.78, 5) is 0. The lowest BCUT2D eigenvalue weighted by Crippen LogP contribution is -2.22. The van der Waals surface area contributed by atoms with Crippen molar-refractivity contribution in [1.82, 2.24) is 0 Å². The molecular formula is C10H12ClFN2O2S. The van der Waals surface area contributed by atoms with E-state index in [0.717, 1.165) is 6.07 Å². The molecule has 0 aliphatic carbocycles. The first-order valence-electron chi connectivity index (χ1n) is 5.09. The largest absolute Gasteiger partial charge is 0.397 e. The van der Waals surface area contributed by atoms with E-state index in [-0.39, 0.29) is 33.9 Å². The van der Waals surface area contributed by atoms with Crippen LogP contribution >= 0.6 is 11.6 Å². The van der Waals surface area contributed by atoms with Crippen molar-refractivity contribution in [2.75, 3.05) is 22.6 Å². The molecule has 1 unspecified atom stereocenters. The van der Waals surface area contributed by atoms with Crippen molar-refractivity contribution in [3.8, 4) is 0 Å². The van der Waals surface area contributed by atoms with Crippen molar-refractivity contribution in [3.63, 3.8) is 0 Å². The minimum atomic E-state index is -3.00. The van der Waals surface area contributed by atoms with Crippen molar-refractivity contribution in [3.05, 3.63) is 23.0 Å². The second kappa shape index (κ2) is 4.34. The molecule has 1 heterocycles. The van der Waals surface area contributed by atoms with Gasteiger partial charge in [0.2, 0.25) is 0 Å². The first-order chi connectivity index (χ1) is 7.87. The highest BCUT2D eigenvalue weighted by Gasteiger charge is 2.28. The van der Waals surface area contributed by atoms with Crippen LogP contribution in [0, 0.1) is 5.82 Å². The third kappa shape index (κ3) is 2.81. The van der Waals surface area contributed by atoms with E-state index in [1.807, 2.05) is 0 Å². The predicted octanol–water partition coefficient (Wildman–Crippen LogP) is 1.66. The molecule has 0 aromatic heterocycles. The van der Waals surface area contributed by atoms with Gasteiger partial charge in [0.05, 0.1) is 22.9 Å². The Kier molecular flexibility index (Phi) is 3.18. The molecule has 1 aromatic carbocycles. The number of nitrogens with one attached hydrogen (secondary N) is 1. The minimum absolute atomic E-state index is 0.00844. The van der Waals surface area contributed by atoms with Crippen LogP contribution in [0.25, 0.3) is 0 Å². The van der Waals surface area contributed by atoms with Crippen LogP contribution in [0.3, 0.4) is 0 Å². The predicted molar refractivity (Wildman–Crippen MR) is 66.5 cm³/mol. The summed E-state index contributed by atoms with van der Waals surface area (Å²) >= 11 is 5.64. The molecule has 4 nitrogen and oxygen atoms in total. The molecule has 1 aliphatic rings. The van der Waals surface area contributed by atoms with E-state index in [1.54, 1.807) is 0 Å². The van der Waals surface area contributed by atoms with Crippen LogP contribution in [0.2, 0.25) is 5.02 Å². The van der Waals surface area contributed by atoms with Crippen LogP contribution in [0.4, 0.5) is 15.8 Å². The van der Waals surface area contributed by atoms with Crippen LogP contribution in [-0.4, -0.2) is 26.0 Å². The Morgan fingerprint density at radius 3 is 2.71 bits per heavy atom. The minimum Gasteiger partial charge on any atom is -0.397 e. The SMILES string of the molecule is Nc1cc(Cl)cc(F)c1NC1CCS(=O)(=O)C1. The van der Waals surface area contributed by atoms with Gasteiger partial charge in [-0.1, -0.05) is 11.6 Å². The number of hydrogen-bond donors (Lipinski definition) is 2. The van der Waals surface area contributed by atoms with E-state index >= 15 is 0 Å². The summed E-state index contributed by atoms with van der Waals surface area (Å²) in [5, 5.41) is 3.04. The lowest BCUT2D eigenvalue weighted by atomic mass is 10.2. The molecule has 1 aromatic rings. The molecule has 3 N–H and O–H groups in total. The number of hydrogen-bond acceptors (Lipinski definition) is 4. The van der Waals surface area contributed by atoms with Gasteiger partial charge in [0.1, 0.15) is 5.82 Å². The average Bonchev–Trinajstić information content (AvgIpc) is 2.52. The summed E-state index contributed by atoms with van der Waals surface area (Å²) in [5.74, 6) is -0.437. The molecule has 0 spiro atoms. The lowest BCUT2D eigenvalue weighted by molar-refractivity contribution is 0.601. The average molecular weight is 279 g/mol. The maximum Gasteiger partial charge on any atom is 0.152 e. The smallest absolute Gasteiger partial charge is 0.152 e. The summed E-state index contributed by atoms with van der Waals surface area (Å²) in [5.41, 5.74) is 5.93. The number of nitrogens with two attached hydrogens (primary N) is 1. The Bertz CT molecular complexity index is 524. The van der Waals surface area contributed by atoms with Gasteiger partial charge in [-0.3, -0.25) is 0 Å². The van der Waals surface area contributed by atoms with Crippen LogP contribution in [0.1, 0.15) is 6.42 Å². The van der Waals surface area contributed by atoms with Gasteiger partial charge < -0.3 is 11.1 Å². The second-order valence-corrected chi connectivity index (χ2v) is 6.76. The summed E-state index contributed by atoms with van der Waals surface area (Å²) < 4.78 is 36.1. The molecule has 7 heteroatoms. The highest BCUT2D eigenvalue weighted by Crippen LogP contribution is 2.29. The highest BCUT2D eigenvalue weighted by atomic mass is 35.5. The van der Waals surface area contributed by atoms with Gasteiger partial charge >= 0.3 is 0 Å². The zero-order valence-electron chi connectivity index (χ0n) is 8.91. The van der Waals surface area contributed by atoms with Crippen LogP contribution in [0.15, 0.2) is 12.1 Å². The summed E-state index contributed by atoms with van der Waals surface area (Å²) in [7, 11) is -3.00. The Morgan fingerprint density at radius 1 is 1.47 bits per heavy atom. The lowest BCUT2D eigenvalue weighted by Gasteiger charge is -2.15. The Morgan fingerprint density at radius 2 is 2.18 bits per heavy atom. The third-order valence-corrected chi connectivity index (χ3v) is 4.65. The van der Waals surface area contributed by atoms with Crippen molar-refractivity contribution < 1.29 is 12.8 Å². The zero-order valence-corrected chi connectivity index (χ0v) is 10.5. The highest BCUT2D eigenvalue weighted by molar-refractivity contribution is 7.91. The van der Waals surface area contributed by atoms with E-state index < -0.39 is 15.7 Å². The first kappa shape index (κ1) is 12.4. The monoisotopic (exact) mass is 278 g/mol. The maximum absolute atomic E-state index is 13.6. The van der Waals surface area contributed by atoms with Gasteiger partial charge in [-0.15, -0.1) is 0 Å². The van der Waals surface area contributed by atoms with Gasteiger partial charge in [0, 0.05) is 11.1 Å². The van der Waals surface area contributed by atoms with E-state index in [4.69, 9.17) is 17.3 Å². The molecule has 94 valence electrons. The van der Waals surface area contributed by atoms with Gasteiger partial charge in [0.25, 0.3) is 0 Å². The molecule has 17 heavy (non-hydrogen) atoms. The standard InChI is InChI=1S/C10H12ClFN2O2S/c11-6-3-8(12)10(9(13)4-6)14-7-1-2-17(15,16)5-7/h3-4,7,14H,1-2,5,13H2. The van der Waals surface area contributed by atoms with Crippen molar-refractivity contribution in [1.29, 1.82) is 0 Å². The van der Waals surface area contributed by atoms with E-state index in [1.165, 1.54) is 6.07 Å². The summed E-state index contributed by atoms with van der Waals surface area (Å²) in [6.45, 7) is 0. The van der Waals surface area contributed by atoms with E-state index in [9.17, 15) is 12.8 Å². The molecule has 0 bridgehead atoms. The second-order valence-electron chi connectivity index (χ2n) is 4.10. The molecule has 2 rings (SSSR count). The summed E-state index contributed by atoms with van der Waals surface area (Å²) in [6.07, 6.45) is 0.462. The maximum atomic E-state index is 13.6. The Balaban J connectivity index is 2.20. The number of halogens is 2. The van der Waals surface area contributed by atoms with Gasteiger partial charge in [-0.2, -0.15) is 0 Å². The molecule has 1 saturated heterocycles. The van der Waals surface area contributed by atoms with Gasteiger partial charge in [-0.25, -0.2) is 12.8 Å². The fourth-order valence-corrected chi connectivity index (χ4v) is 3.75. The van der Waals surface area contributed by atoms with E-state index in [0.29, 0.717) is 6.42 Å². The first-order valence-corrected chi connectivity index (χ1v) is 7.29. The number of anilines is 2. The van der Waals surface area contributed by atoms with Crippen molar-refractivity contribution in [2.24, 2.45) is 0 Å². The Labute approximate surface area is 104 Å². The fourth-order valence-electron chi connectivity index (χ4n) is 1.86. The fraction of sp³-hybridized carbons (Fsp3) is 0.400. The topological polar surface area (TPSA) is 72.2 Å². The molecular weight excluding hydrogens is 267 g/mol. The molecule has 0 saturated carbocycles. The summed E-state index contributed by atoms with van der Waals surface area (Å²) in [6, 6.07) is 2.28. The number of nitrogen functional groups attached to an aromatic ring is 1. The third-order valence-electron chi connectivity index (χ3n) is 2.67. The molecule has 1 aliphatic heterocycles. The number of sulfone groups is 1. The molecule has 0 radical (unpaired) electrons. The van der Waals surface area contributed by atoms with Gasteiger partial charge in [-0.05, 0) is 18.6 Å². The molecule has 1 fully saturated rings. The molecule has 0 amide bonds. The normalized spacial score (nSPS) is 22.6. The Hall–Kier alpha value is -1.01. The van der Waals surface area contributed by atoms with Crippen LogP contribution < -0.4 is 11.1 Å². The quantitative estimate of drug-likeness (QED) is 0.807. The number of benzene rings is 1. The van der Waals surface area contributed by atoms with Crippen molar-refractivity contribution in [2.45, 2.75) is 12.5 Å². The molecule has 1 atom stereocenters. The number of rotatable bonds is 2. The zero-order chi connectivity index (χ0) is 12.6. The van der Waals surface area contributed by atoms with Crippen LogP contribution in [-0.2, 0) is 9.84 Å².